The van der Waals surface area contributed by atoms with Crippen LogP contribution in [-0.4, -0.2) is 92.5 Å². The van der Waals surface area contributed by atoms with Crippen molar-refractivity contribution in [2.75, 3.05) is 47.5 Å². The molecule has 0 heterocycles. The van der Waals surface area contributed by atoms with E-state index in [1.54, 1.807) is 36.5 Å². The summed E-state index contributed by atoms with van der Waals surface area (Å²) in [7, 11) is 0.985. The van der Waals surface area contributed by atoms with Crippen molar-refractivity contribution >= 4 is 19.8 Å². The Hall–Kier alpha value is -2.89. The molecule has 0 aromatic heterocycles. The molecule has 2 N–H and O–H groups in total. The van der Waals surface area contributed by atoms with Crippen molar-refractivity contribution in [3.05, 3.63) is 85.1 Å². The number of allylic oxidation sites excluding steroid dienone is 11. The molecule has 0 spiro atoms. The highest BCUT2D eigenvalue weighted by Gasteiger charge is 2.21. The number of esters is 2. The predicted octanol–water partition coefficient (Wildman–Crippen LogP) is 10.1. The van der Waals surface area contributed by atoms with Gasteiger partial charge in [0.1, 0.15) is 19.8 Å². The number of aliphatic hydroxyl groups excluding tert-OH is 2. The summed E-state index contributed by atoms with van der Waals surface area (Å²) in [6.45, 7) is 3.79. The van der Waals surface area contributed by atoms with Gasteiger partial charge in [0.2, 0.25) is 0 Å². The van der Waals surface area contributed by atoms with Gasteiger partial charge in [0.25, 0.3) is 7.82 Å². The zero-order valence-electron chi connectivity index (χ0n) is 37.8. The summed E-state index contributed by atoms with van der Waals surface area (Å²) >= 11 is 0. The topological polar surface area (TPSA) is 152 Å². The van der Waals surface area contributed by atoms with Gasteiger partial charge in [0.15, 0.2) is 6.10 Å². The van der Waals surface area contributed by atoms with Crippen LogP contribution >= 0.6 is 7.82 Å². The molecule has 0 aromatic rings. The molecule has 0 aromatic carbocycles. The lowest BCUT2D eigenvalue weighted by Gasteiger charge is -2.28. The number of ether oxygens (including phenoxy) is 2. The van der Waals surface area contributed by atoms with E-state index in [0.717, 1.165) is 25.7 Å². The summed E-state index contributed by atoms with van der Waals surface area (Å²) in [4.78, 5) is 37.6. The van der Waals surface area contributed by atoms with Crippen LogP contribution in [0.25, 0.3) is 0 Å². The van der Waals surface area contributed by atoms with Gasteiger partial charge in [-0.2, -0.15) is 0 Å². The van der Waals surface area contributed by atoms with Crippen LogP contribution in [0.1, 0.15) is 142 Å². The summed E-state index contributed by atoms with van der Waals surface area (Å²) in [5.74, 6) is -1.15. The fraction of sp³-hybridized carbons (Fsp3) is 0.667. The first-order chi connectivity index (χ1) is 28.8. The number of aliphatic hydroxyl groups is 2. The average Bonchev–Trinajstić information content (AvgIpc) is 3.19. The van der Waals surface area contributed by atoms with E-state index in [2.05, 4.69) is 50.3 Å². The van der Waals surface area contributed by atoms with Gasteiger partial charge in [-0.05, 0) is 70.6 Å². The van der Waals surface area contributed by atoms with Crippen LogP contribution in [0.2, 0.25) is 0 Å². The number of phosphoric acid groups is 1. The van der Waals surface area contributed by atoms with Gasteiger partial charge in [-0.15, -0.1) is 0 Å². The second kappa shape index (κ2) is 39.0. The zero-order chi connectivity index (χ0) is 44.6. The maximum Gasteiger partial charge on any atom is 0.306 e. The van der Waals surface area contributed by atoms with E-state index in [0.29, 0.717) is 43.1 Å². The molecule has 0 rings (SSSR count). The molecule has 11 nitrogen and oxygen atoms in total. The van der Waals surface area contributed by atoms with Crippen LogP contribution < -0.4 is 4.89 Å². The van der Waals surface area contributed by atoms with E-state index in [1.165, 1.54) is 57.8 Å². The fourth-order valence-corrected chi connectivity index (χ4v) is 6.18. The number of carbonyl (C=O) groups excluding carboxylic acids is 2. The number of quaternary nitrogens is 1. The number of hydrogen-bond acceptors (Lipinski definition) is 10. The Morgan fingerprint density at radius 2 is 1.17 bits per heavy atom. The maximum absolute atomic E-state index is 12.7. The van der Waals surface area contributed by atoms with Crippen molar-refractivity contribution < 1.29 is 52.3 Å². The molecule has 0 bridgehead atoms. The molecule has 0 aliphatic heterocycles. The highest BCUT2D eigenvalue weighted by molar-refractivity contribution is 7.45. The number of rotatable bonds is 39. The lowest BCUT2D eigenvalue weighted by atomic mass is 10.1. The van der Waals surface area contributed by atoms with Crippen LogP contribution in [0.4, 0.5) is 0 Å². The fourth-order valence-electron chi connectivity index (χ4n) is 5.45. The summed E-state index contributed by atoms with van der Waals surface area (Å²) in [6, 6.07) is 0. The predicted molar refractivity (Wildman–Crippen MR) is 243 cm³/mol. The first-order valence-corrected chi connectivity index (χ1v) is 24.0. The molecular weight excluding hydrogens is 781 g/mol. The number of hydrogen-bond donors (Lipinski definition) is 2. The third-order valence-corrected chi connectivity index (χ3v) is 10.0. The molecule has 1 unspecified atom stereocenters. The zero-order valence-corrected chi connectivity index (χ0v) is 38.7. The Morgan fingerprint density at radius 3 is 1.82 bits per heavy atom. The van der Waals surface area contributed by atoms with Crippen molar-refractivity contribution in [3.63, 3.8) is 0 Å². The van der Waals surface area contributed by atoms with Gasteiger partial charge in [-0.1, -0.05) is 144 Å². The Morgan fingerprint density at radius 1 is 0.633 bits per heavy atom. The highest BCUT2D eigenvalue weighted by atomic mass is 31.2. The van der Waals surface area contributed by atoms with E-state index >= 15 is 0 Å². The maximum atomic E-state index is 12.7. The summed E-state index contributed by atoms with van der Waals surface area (Å²) in [5.41, 5.74) is 0. The number of phosphoric ester groups is 1. The molecule has 344 valence electrons. The second-order valence-corrected chi connectivity index (χ2v) is 17.5. The van der Waals surface area contributed by atoms with Gasteiger partial charge < -0.3 is 38.1 Å². The van der Waals surface area contributed by atoms with Crippen LogP contribution in [0, 0.1) is 0 Å². The highest BCUT2D eigenvalue weighted by Crippen LogP contribution is 2.38. The van der Waals surface area contributed by atoms with Crippen LogP contribution in [0.5, 0.6) is 0 Å². The molecule has 60 heavy (non-hydrogen) atoms. The summed E-state index contributed by atoms with van der Waals surface area (Å²) < 4.78 is 33.6. The Balaban J connectivity index is 4.70. The molecule has 12 heteroatoms. The standard InChI is InChI=1S/C48H82NO10P/c1-6-8-10-12-14-15-16-17-18-19-20-21-22-23-24-26-32-38-48(53)59-46(43-58-60(54,55)57-41-40-49(3,4)5)42-56-47(52)39-33-37-45(51)36-31-28-27-30-35-44(50)34-29-25-13-11-9-7-2/h17-18,20-21,23-25,27-31,35-36,44-46,50-51H,6-16,19,22,26,32-34,37-43H2,1-5H3/b18-17-,21-20-,24-23-,28-27+,29-25-,35-30+,36-31-/t44-,45-,46-/m1/s1. The summed E-state index contributed by atoms with van der Waals surface area (Å²) in [6.07, 6.45) is 42.5. The molecule has 0 aliphatic rings. The molecule has 0 saturated heterocycles. The molecule has 0 saturated carbocycles. The van der Waals surface area contributed by atoms with Crippen molar-refractivity contribution in [2.24, 2.45) is 0 Å². The van der Waals surface area contributed by atoms with E-state index < -0.39 is 51.3 Å². The van der Waals surface area contributed by atoms with Gasteiger partial charge in [-0.25, -0.2) is 0 Å². The lowest BCUT2D eigenvalue weighted by molar-refractivity contribution is -0.870. The Labute approximate surface area is 364 Å². The van der Waals surface area contributed by atoms with E-state index in [1.807, 2.05) is 33.3 Å². The van der Waals surface area contributed by atoms with Crippen molar-refractivity contribution in [3.8, 4) is 0 Å². The van der Waals surface area contributed by atoms with Crippen LogP contribution in [0.15, 0.2) is 85.1 Å². The normalized spacial score (nSPS) is 15.4. The van der Waals surface area contributed by atoms with E-state index in [-0.39, 0.29) is 19.4 Å². The minimum Gasteiger partial charge on any atom is -0.756 e. The molecule has 4 atom stereocenters. The van der Waals surface area contributed by atoms with Crippen molar-refractivity contribution in [1.82, 2.24) is 0 Å². The minimum absolute atomic E-state index is 0.00162. The lowest BCUT2D eigenvalue weighted by Crippen LogP contribution is -2.37. The van der Waals surface area contributed by atoms with Crippen molar-refractivity contribution in [2.45, 2.75) is 161 Å². The van der Waals surface area contributed by atoms with Crippen molar-refractivity contribution in [1.29, 1.82) is 0 Å². The Bertz CT molecular complexity index is 1330. The largest absolute Gasteiger partial charge is 0.756 e. The third-order valence-electron chi connectivity index (χ3n) is 9.08. The first-order valence-electron chi connectivity index (χ1n) is 22.5. The van der Waals surface area contributed by atoms with E-state index in [9.17, 15) is 29.3 Å². The SMILES string of the molecule is CCCCC/C=C\C[C@@H](O)/C=C/C=C/C=C\[C@@H](O)CCCC(=O)OC[C@H](COP(=O)([O-])OCC[N+](C)(C)C)OC(=O)CCC/C=C\C/C=C\C/C=C\CCCCCCCC. The number of carbonyl (C=O) groups is 2. The first kappa shape index (κ1) is 57.1. The van der Waals surface area contributed by atoms with Gasteiger partial charge >= 0.3 is 11.9 Å². The Kier molecular flexibility index (Phi) is 37.1. The van der Waals surface area contributed by atoms with Gasteiger partial charge in [0.05, 0.1) is 40.0 Å². The third kappa shape index (κ3) is 41.8. The average molecular weight is 864 g/mol. The number of nitrogens with zero attached hydrogens (tertiary/aromatic N) is 1. The number of unbranched alkanes of at least 4 members (excludes halogenated alkanes) is 10. The summed E-state index contributed by atoms with van der Waals surface area (Å²) in [5, 5.41) is 20.3. The van der Waals surface area contributed by atoms with E-state index in [4.69, 9.17) is 18.5 Å². The smallest absolute Gasteiger partial charge is 0.306 e. The molecule has 0 amide bonds. The van der Waals surface area contributed by atoms with Gasteiger partial charge in [0, 0.05) is 12.8 Å². The molecule has 0 aliphatic carbocycles. The minimum atomic E-state index is -4.70. The monoisotopic (exact) mass is 864 g/mol. The molecule has 0 fully saturated rings. The van der Waals surface area contributed by atoms with Crippen LogP contribution in [-0.2, 0) is 32.7 Å². The quantitative estimate of drug-likeness (QED) is 0.0153. The van der Waals surface area contributed by atoms with Crippen LogP contribution in [0.3, 0.4) is 0 Å². The number of likely N-dealkylation sites (N-methyl/N-ethyl adjacent to an activating group) is 1. The molecular formula is C48H82NO10P. The van der Waals surface area contributed by atoms with Gasteiger partial charge in [-0.3, -0.25) is 14.2 Å². The second-order valence-electron chi connectivity index (χ2n) is 16.1. The molecule has 0 radical (unpaired) electrons.